The lowest BCUT2D eigenvalue weighted by Crippen LogP contribution is -1.84. The van der Waals surface area contributed by atoms with E-state index in [0.29, 0.717) is 5.89 Å². The molecule has 0 spiro atoms. The summed E-state index contributed by atoms with van der Waals surface area (Å²) in [6.45, 7) is 0. The van der Waals surface area contributed by atoms with Crippen molar-refractivity contribution in [3.63, 3.8) is 0 Å². The Bertz CT molecular complexity index is 484. The lowest BCUT2D eigenvalue weighted by atomic mass is 10.2. The summed E-state index contributed by atoms with van der Waals surface area (Å²) >= 11 is 5.48. The van der Waals surface area contributed by atoms with Gasteiger partial charge < -0.3 is 4.42 Å². The predicted molar refractivity (Wildman–Crippen MR) is 51.4 cm³/mol. The third-order valence-corrected chi connectivity index (χ3v) is 2.09. The fourth-order valence-corrected chi connectivity index (χ4v) is 1.31. The van der Waals surface area contributed by atoms with Crippen LogP contribution >= 0.6 is 11.6 Å². The highest BCUT2D eigenvalue weighted by atomic mass is 35.5. The van der Waals surface area contributed by atoms with Crippen LogP contribution in [0.3, 0.4) is 0 Å². The van der Waals surface area contributed by atoms with Crippen molar-refractivity contribution in [1.82, 2.24) is 4.98 Å². The second-order valence-electron chi connectivity index (χ2n) is 2.88. The minimum atomic E-state index is -0.688. The van der Waals surface area contributed by atoms with Crippen molar-refractivity contribution in [2.75, 3.05) is 0 Å². The van der Waals surface area contributed by atoms with Crippen molar-refractivity contribution < 1.29 is 13.2 Å². The van der Waals surface area contributed by atoms with Crippen LogP contribution in [0.2, 0.25) is 0 Å². The molecule has 2 rings (SSSR count). The Hall–Kier alpha value is -1.42. The Kier molecular flexibility index (Phi) is 2.68. The number of halogens is 3. The molecule has 0 aliphatic heterocycles. The molecule has 1 aromatic heterocycles. The Morgan fingerprint density at radius 3 is 2.73 bits per heavy atom. The summed E-state index contributed by atoms with van der Waals surface area (Å²) < 4.78 is 31.0. The van der Waals surface area contributed by atoms with E-state index in [-0.39, 0.29) is 17.2 Å². The van der Waals surface area contributed by atoms with Gasteiger partial charge in [-0.3, -0.25) is 0 Å². The fraction of sp³-hybridized carbons (Fsp3) is 0.100. The summed E-state index contributed by atoms with van der Waals surface area (Å²) in [5.41, 5.74) is 0.167. The summed E-state index contributed by atoms with van der Waals surface area (Å²) in [6, 6.07) is 3.24. The van der Waals surface area contributed by atoms with Gasteiger partial charge in [-0.25, -0.2) is 13.8 Å². The first kappa shape index (κ1) is 10.1. The van der Waals surface area contributed by atoms with E-state index in [0.717, 1.165) is 12.1 Å². The minimum absolute atomic E-state index is 0.114. The number of benzene rings is 1. The van der Waals surface area contributed by atoms with E-state index in [1.807, 2.05) is 0 Å². The van der Waals surface area contributed by atoms with Crippen LogP contribution in [0.15, 0.2) is 28.8 Å². The van der Waals surface area contributed by atoms with Crippen LogP contribution in [0.5, 0.6) is 0 Å². The summed E-state index contributed by atoms with van der Waals surface area (Å²) in [5.74, 6) is -0.665. The maximum absolute atomic E-state index is 13.3. The van der Waals surface area contributed by atoms with Crippen LogP contribution in [-0.2, 0) is 5.88 Å². The normalized spacial score (nSPS) is 10.6. The molecule has 5 heteroatoms. The quantitative estimate of drug-likeness (QED) is 0.738. The van der Waals surface area contributed by atoms with Crippen LogP contribution in [0, 0.1) is 11.6 Å². The van der Waals surface area contributed by atoms with Gasteiger partial charge >= 0.3 is 0 Å². The van der Waals surface area contributed by atoms with E-state index >= 15 is 0 Å². The van der Waals surface area contributed by atoms with Crippen LogP contribution in [0.25, 0.3) is 11.3 Å². The number of oxazole rings is 1. The first-order valence-corrected chi connectivity index (χ1v) is 4.70. The molecule has 0 bridgehead atoms. The predicted octanol–water partition coefficient (Wildman–Crippen LogP) is 3.36. The van der Waals surface area contributed by atoms with Crippen molar-refractivity contribution >= 4 is 11.6 Å². The lowest BCUT2D eigenvalue weighted by Gasteiger charge is -1.98. The summed E-state index contributed by atoms with van der Waals surface area (Å²) in [7, 11) is 0. The van der Waals surface area contributed by atoms with Crippen molar-refractivity contribution in [2.45, 2.75) is 5.88 Å². The third kappa shape index (κ3) is 1.99. The Morgan fingerprint density at radius 2 is 2.13 bits per heavy atom. The topological polar surface area (TPSA) is 26.0 Å². The number of aromatic nitrogens is 1. The van der Waals surface area contributed by atoms with Gasteiger partial charge in [-0.15, -0.1) is 11.6 Å². The molecule has 78 valence electrons. The van der Waals surface area contributed by atoms with Crippen molar-refractivity contribution in [3.8, 4) is 11.3 Å². The van der Waals surface area contributed by atoms with E-state index in [4.69, 9.17) is 16.0 Å². The van der Waals surface area contributed by atoms with Gasteiger partial charge in [0.25, 0.3) is 0 Å². The van der Waals surface area contributed by atoms with Crippen molar-refractivity contribution in [2.24, 2.45) is 0 Å². The molecular formula is C10H6ClF2NO. The van der Waals surface area contributed by atoms with Gasteiger partial charge in [-0.05, 0) is 12.1 Å². The fourth-order valence-electron chi connectivity index (χ4n) is 1.19. The van der Waals surface area contributed by atoms with Crippen LogP contribution in [0.4, 0.5) is 8.78 Å². The zero-order valence-electron chi connectivity index (χ0n) is 7.51. The third-order valence-electron chi connectivity index (χ3n) is 1.86. The highest BCUT2D eigenvalue weighted by Crippen LogP contribution is 2.24. The number of hydrogen-bond acceptors (Lipinski definition) is 2. The highest BCUT2D eigenvalue weighted by molar-refractivity contribution is 6.16. The first-order valence-electron chi connectivity index (χ1n) is 4.17. The molecular weight excluding hydrogens is 224 g/mol. The molecule has 0 aliphatic carbocycles. The SMILES string of the molecule is Fc1ccc(-c2cnc(CCl)o2)c(F)c1. The van der Waals surface area contributed by atoms with Gasteiger partial charge in [0, 0.05) is 6.07 Å². The second kappa shape index (κ2) is 3.98. The summed E-state index contributed by atoms with van der Waals surface area (Å²) in [5, 5.41) is 0. The number of rotatable bonds is 2. The van der Waals surface area contributed by atoms with Gasteiger partial charge in [-0.1, -0.05) is 0 Å². The Labute approximate surface area is 89.5 Å². The summed E-state index contributed by atoms with van der Waals surface area (Å²) in [4.78, 5) is 3.82. The standard InChI is InChI=1S/C10H6ClF2NO/c11-4-10-14-5-9(15-10)7-2-1-6(12)3-8(7)13/h1-3,5H,4H2. The van der Waals surface area contributed by atoms with Gasteiger partial charge in [0.15, 0.2) is 5.76 Å². The van der Waals surface area contributed by atoms with Gasteiger partial charge in [-0.2, -0.15) is 0 Å². The van der Waals surface area contributed by atoms with Crippen LogP contribution in [0.1, 0.15) is 5.89 Å². The molecule has 0 amide bonds. The first-order chi connectivity index (χ1) is 7.20. The van der Waals surface area contributed by atoms with Gasteiger partial charge in [0.1, 0.15) is 11.6 Å². The Morgan fingerprint density at radius 1 is 1.33 bits per heavy atom. The average molecular weight is 230 g/mol. The molecule has 2 nitrogen and oxygen atoms in total. The monoisotopic (exact) mass is 229 g/mol. The van der Waals surface area contributed by atoms with Crippen LogP contribution < -0.4 is 0 Å². The van der Waals surface area contributed by atoms with Crippen LogP contribution in [-0.4, -0.2) is 4.98 Å². The van der Waals surface area contributed by atoms with E-state index in [1.54, 1.807) is 0 Å². The molecule has 1 aromatic carbocycles. The molecule has 0 unspecified atom stereocenters. The largest absolute Gasteiger partial charge is 0.439 e. The minimum Gasteiger partial charge on any atom is -0.439 e. The molecule has 0 N–H and O–H groups in total. The molecule has 0 fully saturated rings. The molecule has 2 aromatic rings. The summed E-state index contributed by atoms with van der Waals surface area (Å²) in [6.07, 6.45) is 1.36. The molecule has 1 heterocycles. The van der Waals surface area contributed by atoms with Gasteiger partial charge in [0.05, 0.1) is 17.6 Å². The molecule has 0 radical (unpaired) electrons. The maximum Gasteiger partial charge on any atom is 0.209 e. The smallest absolute Gasteiger partial charge is 0.209 e. The Balaban J connectivity index is 2.44. The molecule has 0 atom stereocenters. The number of nitrogens with zero attached hydrogens (tertiary/aromatic N) is 1. The molecule has 15 heavy (non-hydrogen) atoms. The van der Waals surface area contributed by atoms with E-state index in [1.165, 1.54) is 12.3 Å². The molecule has 0 saturated heterocycles. The van der Waals surface area contributed by atoms with Crippen molar-refractivity contribution in [3.05, 3.63) is 41.9 Å². The van der Waals surface area contributed by atoms with E-state index in [9.17, 15) is 8.78 Å². The van der Waals surface area contributed by atoms with E-state index in [2.05, 4.69) is 4.98 Å². The molecule has 0 aliphatic rings. The number of alkyl halides is 1. The molecule has 0 saturated carbocycles. The average Bonchev–Trinajstić information content (AvgIpc) is 2.66. The van der Waals surface area contributed by atoms with Crippen molar-refractivity contribution in [1.29, 1.82) is 0 Å². The second-order valence-corrected chi connectivity index (χ2v) is 3.14. The highest BCUT2D eigenvalue weighted by Gasteiger charge is 2.11. The zero-order chi connectivity index (χ0) is 10.8. The maximum atomic E-state index is 13.3. The lowest BCUT2D eigenvalue weighted by molar-refractivity contribution is 0.521. The zero-order valence-corrected chi connectivity index (χ0v) is 8.26. The van der Waals surface area contributed by atoms with Gasteiger partial charge in [0.2, 0.25) is 5.89 Å². The number of hydrogen-bond donors (Lipinski definition) is 0. The van der Waals surface area contributed by atoms with E-state index < -0.39 is 11.6 Å².